The Morgan fingerprint density at radius 2 is 2.06 bits per heavy atom. The Morgan fingerprint density at radius 1 is 1.18 bits per heavy atom. The first-order chi connectivity index (χ1) is 16.1. The minimum absolute atomic E-state index is 0.253. The Kier molecular flexibility index (Phi) is 5.96. The van der Waals surface area contributed by atoms with Gasteiger partial charge >= 0.3 is 0 Å². The smallest absolute Gasteiger partial charge is 0.220 e. The Balaban J connectivity index is 1.43. The highest BCUT2D eigenvalue weighted by molar-refractivity contribution is 5.97. The zero-order valence-corrected chi connectivity index (χ0v) is 19.1. The van der Waals surface area contributed by atoms with E-state index < -0.39 is 0 Å². The van der Waals surface area contributed by atoms with Crippen molar-refractivity contribution in [2.75, 3.05) is 39.6 Å². The highest BCUT2D eigenvalue weighted by atomic mass is 16.5. The molecule has 1 aromatic heterocycles. The number of nitrogens with two attached hydrogens (primary N) is 1. The number of nitrogens with zero attached hydrogens (tertiary/aromatic N) is 4. The van der Waals surface area contributed by atoms with Crippen molar-refractivity contribution in [1.82, 2.24) is 14.9 Å². The lowest BCUT2D eigenvalue weighted by molar-refractivity contribution is 0.258. The third kappa shape index (κ3) is 4.68. The van der Waals surface area contributed by atoms with E-state index in [1.165, 1.54) is 5.56 Å². The molecule has 1 atom stereocenters. The molecule has 7 nitrogen and oxygen atoms in total. The number of fused-ring (bicyclic) bond motifs is 2. The molecular weight excluding hydrogens is 414 g/mol. The van der Waals surface area contributed by atoms with Gasteiger partial charge in [0.15, 0.2) is 0 Å². The number of para-hydroxylation sites is 1. The van der Waals surface area contributed by atoms with Gasteiger partial charge in [0.25, 0.3) is 0 Å². The maximum atomic E-state index is 6.28. The van der Waals surface area contributed by atoms with E-state index in [0.29, 0.717) is 13.2 Å². The van der Waals surface area contributed by atoms with E-state index >= 15 is 0 Å². The molecule has 5 rings (SSSR count). The molecule has 3 aromatic rings. The van der Waals surface area contributed by atoms with Gasteiger partial charge < -0.3 is 20.1 Å². The topological polar surface area (TPSA) is 85.9 Å². The summed E-state index contributed by atoms with van der Waals surface area (Å²) in [6, 6.07) is 14.3. The number of aliphatic imine (C=N–C) groups is 1. The second-order valence-corrected chi connectivity index (χ2v) is 8.88. The van der Waals surface area contributed by atoms with E-state index in [0.717, 1.165) is 65.5 Å². The molecule has 0 aliphatic carbocycles. The van der Waals surface area contributed by atoms with E-state index in [4.69, 9.17) is 20.2 Å². The van der Waals surface area contributed by atoms with Crippen molar-refractivity contribution in [2.45, 2.75) is 19.3 Å². The van der Waals surface area contributed by atoms with Gasteiger partial charge in [-0.2, -0.15) is 0 Å². The van der Waals surface area contributed by atoms with Gasteiger partial charge in [0.05, 0.1) is 24.6 Å². The van der Waals surface area contributed by atoms with Crippen LogP contribution in [-0.4, -0.2) is 54.4 Å². The number of ether oxygens (including phenoxy) is 2. The third-order valence-corrected chi connectivity index (χ3v) is 6.13. The zero-order valence-electron chi connectivity index (χ0n) is 19.1. The van der Waals surface area contributed by atoms with E-state index in [-0.39, 0.29) is 11.9 Å². The van der Waals surface area contributed by atoms with Crippen molar-refractivity contribution in [3.8, 4) is 22.8 Å². The zero-order chi connectivity index (χ0) is 22.8. The van der Waals surface area contributed by atoms with Crippen LogP contribution in [0.5, 0.6) is 11.5 Å². The molecule has 0 amide bonds. The van der Waals surface area contributed by atoms with Crippen LogP contribution in [0.1, 0.15) is 17.5 Å². The molecule has 2 N–H and O–H groups in total. The van der Waals surface area contributed by atoms with Gasteiger partial charge in [-0.1, -0.05) is 18.2 Å². The molecule has 2 aliphatic heterocycles. The summed E-state index contributed by atoms with van der Waals surface area (Å²) in [4.78, 5) is 15.6. The van der Waals surface area contributed by atoms with E-state index in [2.05, 4.69) is 53.2 Å². The molecule has 3 heterocycles. The largest absolute Gasteiger partial charge is 0.493 e. The Labute approximate surface area is 194 Å². The van der Waals surface area contributed by atoms with Crippen LogP contribution in [0.4, 0.5) is 11.6 Å². The molecule has 0 bridgehead atoms. The number of hydrogen-bond donors (Lipinski definition) is 1. The lowest BCUT2D eigenvalue weighted by Crippen LogP contribution is -2.28. The normalized spacial score (nSPS) is 16.7. The predicted octanol–water partition coefficient (Wildman–Crippen LogP) is 3.94. The molecule has 2 aliphatic rings. The fourth-order valence-corrected chi connectivity index (χ4v) is 4.44. The van der Waals surface area contributed by atoms with Gasteiger partial charge in [-0.3, -0.25) is 4.99 Å². The Hall–Kier alpha value is -3.45. The summed E-state index contributed by atoms with van der Waals surface area (Å²) in [6.07, 6.45) is 4.35. The molecule has 0 saturated carbocycles. The second kappa shape index (κ2) is 9.19. The second-order valence-electron chi connectivity index (χ2n) is 8.88. The average molecular weight is 444 g/mol. The van der Waals surface area contributed by atoms with E-state index in [1.54, 1.807) is 6.20 Å². The molecule has 33 heavy (non-hydrogen) atoms. The summed E-state index contributed by atoms with van der Waals surface area (Å²) in [5, 5.41) is 0. The first-order valence-corrected chi connectivity index (χ1v) is 11.4. The molecule has 0 radical (unpaired) electrons. The third-order valence-electron chi connectivity index (χ3n) is 6.13. The maximum Gasteiger partial charge on any atom is 0.220 e. The van der Waals surface area contributed by atoms with Crippen molar-refractivity contribution < 1.29 is 9.47 Å². The van der Waals surface area contributed by atoms with Crippen LogP contribution >= 0.6 is 0 Å². The van der Waals surface area contributed by atoms with Crippen molar-refractivity contribution in [2.24, 2.45) is 10.9 Å². The number of anilines is 1. The average Bonchev–Trinajstić information content (AvgIpc) is 3.26. The SMILES string of the molecule is CN(C)CCCOc1cc(-c2ccnc(N)n2)cc2c1CC(C1COc3ccccc3C1)=N2. The number of hydrogen-bond acceptors (Lipinski definition) is 7. The number of rotatable bonds is 7. The van der Waals surface area contributed by atoms with Crippen molar-refractivity contribution in [3.05, 3.63) is 59.8 Å². The van der Waals surface area contributed by atoms with Crippen LogP contribution in [0.25, 0.3) is 11.3 Å². The standard InChI is InChI=1S/C26H29N5O2/c1-31(2)10-5-11-32-25-14-18(21-8-9-28-26(27)30-21)13-23-20(25)15-22(29-23)19-12-17-6-3-4-7-24(17)33-16-19/h3-4,6-9,13-14,19H,5,10-12,15-16H2,1-2H3,(H2,27,28,30). The van der Waals surface area contributed by atoms with Gasteiger partial charge in [0, 0.05) is 41.9 Å². The summed E-state index contributed by atoms with van der Waals surface area (Å²) < 4.78 is 12.3. The van der Waals surface area contributed by atoms with E-state index in [1.807, 2.05) is 18.2 Å². The van der Waals surface area contributed by atoms with Gasteiger partial charge in [0.2, 0.25) is 5.95 Å². The van der Waals surface area contributed by atoms with Gasteiger partial charge in [0.1, 0.15) is 11.5 Å². The highest BCUT2D eigenvalue weighted by Gasteiger charge is 2.30. The van der Waals surface area contributed by atoms with Crippen molar-refractivity contribution in [1.29, 1.82) is 0 Å². The molecule has 170 valence electrons. The quantitative estimate of drug-likeness (QED) is 0.557. The predicted molar refractivity (Wildman–Crippen MR) is 130 cm³/mol. The fraction of sp³-hybridized carbons (Fsp3) is 0.346. The first kappa shape index (κ1) is 21.4. The molecule has 7 heteroatoms. The first-order valence-electron chi connectivity index (χ1n) is 11.4. The van der Waals surface area contributed by atoms with Crippen LogP contribution in [0.15, 0.2) is 53.7 Å². The minimum Gasteiger partial charge on any atom is -0.493 e. The lowest BCUT2D eigenvalue weighted by atomic mass is 9.90. The summed E-state index contributed by atoms with van der Waals surface area (Å²) in [7, 11) is 4.14. The molecule has 0 saturated heterocycles. The van der Waals surface area contributed by atoms with Crippen LogP contribution in [0.3, 0.4) is 0 Å². The summed E-state index contributed by atoms with van der Waals surface area (Å²) in [5.41, 5.74) is 12.0. The number of nitrogen functional groups attached to an aromatic ring is 1. The highest BCUT2D eigenvalue weighted by Crippen LogP contribution is 2.41. The molecule has 1 unspecified atom stereocenters. The molecule has 2 aromatic carbocycles. The number of aromatic nitrogens is 2. The van der Waals surface area contributed by atoms with Crippen LogP contribution in [-0.2, 0) is 12.8 Å². The van der Waals surface area contributed by atoms with Crippen LogP contribution in [0, 0.1) is 5.92 Å². The molecule has 0 fully saturated rings. The lowest BCUT2D eigenvalue weighted by Gasteiger charge is -2.25. The Bertz CT molecular complexity index is 1190. The molecular formula is C26H29N5O2. The van der Waals surface area contributed by atoms with Crippen LogP contribution in [0.2, 0.25) is 0 Å². The monoisotopic (exact) mass is 443 g/mol. The maximum absolute atomic E-state index is 6.28. The van der Waals surface area contributed by atoms with Crippen molar-refractivity contribution in [3.63, 3.8) is 0 Å². The molecule has 0 spiro atoms. The number of benzene rings is 2. The van der Waals surface area contributed by atoms with E-state index in [9.17, 15) is 0 Å². The van der Waals surface area contributed by atoms with Crippen molar-refractivity contribution >= 4 is 17.3 Å². The summed E-state index contributed by atoms with van der Waals surface area (Å²) >= 11 is 0. The fourth-order valence-electron chi connectivity index (χ4n) is 4.44. The Morgan fingerprint density at radius 3 is 2.91 bits per heavy atom. The minimum atomic E-state index is 0.253. The van der Waals surface area contributed by atoms with Gasteiger partial charge in [-0.15, -0.1) is 0 Å². The van der Waals surface area contributed by atoms with Crippen LogP contribution < -0.4 is 15.2 Å². The van der Waals surface area contributed by atoms with Gasteiger partial charge in [-0.05, 0) is 56.8 Å². The summed E-state index contributed by atoms with van der Waals surface area (Å²) in [6.45, 7) is 2.28. The summed E-state index contributed by atoms with van der Waals surface area (Å²) in [5.74, 6) is 2.36. The van der Waals surface area contributed by atoms with Gasteiger partial charge in [-0.25, -0.2) is 9.97 Å².